The number of aliphatic hydroxyl groups is 1. The number of nitrogens with one attached hydrogen (secondary N) is 2. The van der Waals surface area contributed by atoms with E-state index in [1.807, 2.05) is 6.92 Å². The van der Waals surface area contributed by atoms with Gasteiger partial charge in [0.15, 0.2) is 5.96 Å². The second kappa shape index (κ2) is 6.72. The van der Waals surface area contributed by atoms with Crippen LogP contribution in [0.2, 0.25) is 0 Å². The molecule has 98 valence electrons. The van der Waals surface area contributed by atoms with E-state index < -0.39 is 5.60 Å². The molecular formula is C13H19N3O2. The number of furan rings is 1. The van der Waals surface area contributed by atoms with Crippen molar-refractivity contribution >= 4 is 5.96 Å². The topological polar surface area (TPSA) is 69.8 Å². The molecule has 5 heteroatoms. The lowest BCUT2D eigenvalue weighted by atomic mass is 10.0. The van der Waals surface area contributed by atoms with Gasteiger partial charge >= 0.3 is 0 Å². The molecule has 1 heterocycles. The van der Waals surface area contributed by atoms with Crippen LogP contribution in [0.5, 0.6) is 0 Å². The van der Waals surface area contributed by atoms with E-state index in [2.05, 4.69) is 21.5 Å². The molecule has 1 unspecified atom stereocenters. The van der Waals surface area contributed by atoms with Crippen LogP contribution in [0, 0.1) is 12.3 Å². The monoisotopic (exact) mass is 249 g/mol. The number of hydrogen-bond donors (Lipinski definition) is 3. The molecule has 0 aliphatic heterocycles. The van der Waals surface area contributed by atoms with Gasteiger partial charge in [-0.15, -0.1) is 6.42 Å². The largest absolute Gasteiger partial charge is 0.466 e. The molecular weight excluding hydrogens is 230 g/mol. The van der Waals surface area contributed by atoms with Crippen LogP contribution in [0.4, 0.5) is 0 Å². The van der Waals surface area contributed by atoms with E-state index in [0.717, 1.165) is 6.54 Å². The normalized spacial score (nSPS) is 14.7. The summed E-state index contributed by atoms with van der Waals surface area (Å²) in [7, 11) is 0. The van der Waals surface area contributed by atoms with Crippen LogP contribution >= 0.6 is 0 Å². The van der Waals surface area contributed by atoms with E-state index in [4.69, 9.17) is 10.8 Å². The van der Waals surface area contributed by atoms with Crippen LogP contribution in [-0.4, -0.2) is 30.7 Å². The molecule has 0 radical (unpaired) electrons. The number of rotatable bonds is 5. The zero-order chi connectivity index (χ0) is 13.4. The van der Waals surface area contributed by atoms with Crippen LogP contribution in [0.3, 0.4) is 0 Å². The first-order chi connectivity index (χ1) is 8.60. The predicted molar refractivity (Wildman–Crippen MR) is 71.1 cm³/mol. The number of hydrogen-bond acceptors (Lipinski definition) is 3. The van der Waals surface area contributed by atoms with Crippen LogP contribution < -0.4 is 10.6 Å². The van der Waals surface area contributed by atoms with Crippen molar-refractivity contribution < 1.29 is 9.52 Å². The van der Waals surface area contributed by atoms with Crippen LogP contribution in [-0.2, 0) is 5.60 Å². The highest BCUT2D eigenvalue weighted by Crippen LogP contribution is 2.20. The Labute approximate surface area is 107 Å². The minimum absolute atomic E-state index is 0.181. The van der Waals surface area contributed by atoms with Crippen molar-refractivity contribution in [2.45, 2.75) is 19.4 Å². The summed E-state index contributed by atoms with van der Waals surface area (Å²) in [5.41, 5.74) is -1.14. The summed E-state index contributed by atoms with van der Waals surface area (Å²) < 4.78 is 5.18. The fourth-order valence-corrected chi connectivity index (χ4v) is 1.37. The molecule has 18 heavy (non-hydrogen) atoms. The predicted octanol–water partition coefficient (Wildman–Crippen LogP) is 0.675. The van der Waals surface area contributed by atoms with Crippen LogP contribution in [0.1, 0.15) is 19.6 Å². The molecule has 0 aromatic carbocycles. The van der Waals surface area contributed by atoms with Gasteiger partial charge in [-0.3, -0.25) is 0 Å². The summed E-state index contributed by atoms with van der Waals surface area (Å²) in [6.07, 6.45) is 6.70. The van der Waals surface area contributed by atoms with Gasteiger partial charge in [0.1, 0.15) is 11.4 Å². The van der Waals surface area contributed by atoms with Crippen LogP contribution in [0.25, 0.3) is 0 Å². The maximum Gasteiger partial charge on any atom is 0.192 e. The van der Waals surface area contributed by atoms with Crippen molar-refractivity contribution in [3.8, 4) is 12.3 Å². The zero-order valence-electron chi connectivity index (χ0n) is 10.7. The van der Waals surface area contributed by atoms with Crippen molar-refractivity contribution in [3.63, 3.8) is 0 Å². The Kier molecular flexibility index (Phi) is 5.28. The molecule has 0 amide bonds. The van der Waals surface area contributed by atoms with E-state index in [9.17, 15) is 5.11 Å². The summed E-state index contributed by atoms with van der Waals surface area (Å²) in [6, 6.07) is 3.45. The molecule has 0 bridgehead atoms. The molecule has 1 rings (SSSR count). The Morgan fingerprint density at radius 2 is 2.39 bits per heavy atom. The average molecular weight is 249 g/mol. The van der Waals surface area contributed by atoms with E-state index in [0.29, 0.717) is 18.3 Å². The van der Waals surface area contributed by atoms with E-state index in [-0.39, 0.29) is 6.54 Å². The summed E-state index contributed by atoms with van der Waals surface area (Å²) in [5.74, 6) is 3.53. The molecule has 1 aromatic heterocycles. The van der Waals surface area contributed by atoms with Crippen molar-refractivity contribution in [3.05, 3.63) is 24.2 Å². The highest BCUT2D eigenvalue weighted by Gasteiger charge is 2.25. The quantitative estimate of drug-likeness (QED) is 0.408. The first-order valence-electron chi connectivity index (χ1n) is 5.82. The highest BCUT2D eigenvalue weighted by molar-refractivity contribution is 5.80. The summed E-state index contributed by atoms with van der Waals surface area (Å²) in [5, 5.41) is 16.2. The first-order valence-corrected chi connectivity index (χ1v) is 5.82. The van der Waals surface area contributed by atoms with Gasteiger partial charge < -0.3 is 20.2 Å². The van der Waals surface area contributed by atoms with Crippen LogP contribution in [0.15, 0.2) is 27.8 Å². The lowest BCUT2D eigenvalue weighted by Gasteiger charge is -2.19. The SMILES string of the molecule is C#CCNC(=NCC(C)(O)c1ccco1)NCC. The van der Waals surface area contributed by atoms with Gasteiger partial charge in [0, 0.05) is 6.54 Å². The maximum absolute atomic E-state index is 10.2. The third-order valence-electron chi connectivity index (χ3n) is 2.30. The van der Waals surface area contributed by atoms with Gasteiger partial charge in [0.05, 0.1) is 19.4 Å². The third-order valence-corrected chi connectivity index (χ3v) is 2.30. The molecule has 0 aliphatic carbocycles. The number of nitrogens with zero attached hydrogens (tertiary/aromatic N) is 1. The summed E-state index contributed by atoms with van der Waals surface area (Å²) in [6.45, 7) is 4.90. The third kappa shape index (κ3) is 4.15. The van der Waals surface area contributed by atoms with Gasteiger partial charge in [-0.05, 0) is 26.0 Å². The van der Waals surface area contributed by atoms with Gasteiger partial charge in [0.25, 0.3) is 0 Å². The Hall–Kier alpha value is -1.93. The van der Waals surface area contributed by atoms with Gasteiger partial charge in [-0.25, -0.2) is 4.99 Å². The lowest BCUT2D eigenvalue weighted by Crippen LogP contribution is -2.39. The van der Waals surface area contributed by atoms with Crippen molar-refractivity contribution in [1.29, 1.82) is 0 Å². The lowest BCUT2D eigenvalue weighted by molar-refractivity contribution is 0.0437. The standard InChI is InChI=1S/C13H19N3O2/c1-4-8-15-12(14-5-2)16-10-13(3,17)11-7-6-9-18-11/h1,6-7,9,17H,5,8,10H2,2-3H3,(H2,14,15,16). The van der Waals surface area contributed by atoms with Gasteiger partial charge in [-0.1, -0.05) is 5.92 Å². The summed E-state index contributed by atoms with van der Waals surface area (Å²) in [4.78, 5) is 4.27. The fraction of sp³-hybridized carbons (Fsp3) is 0.462. The molecule has 0 fully saturated rings. The minimum atomic E-state index is -1.14. The minimum Gasteiger partial charge on any atom is -0.466 e. The Morgan fingerprint density at radius 3 is 2.94 bits per heavy atom. The molecule has 5 nitrogen and oxygen atoms in total. The van der Waals surface area contributed by atoms with Gasteiger partial charge in [0.2, 0.25) is 0 Å². The Balaban J connectivity index is 2.66. The van der Waals surface area contributed by atoms with E-state index >= 15 is 0 Å². The molecule has 0 aliphatic rings. The first kappa shape index (κ1) is 14.1. The molecule has 1 aromatic rings. The van der Waals surface area contributed by atoms with Gasteiger partial charge in [-0.2, -0.15) is 0 Å². The maximum atomic E-state index is 10.2. The van der Waals surface area contributed by atoms with Crippen molar-refractivity contribution in [2.75, 3.05) is 19.6 Å². The smallest absolute Gasteiger partial charge is 0.192 e. The molecule has 0 saturated heterocycles. The fourth-order valence-electron chi connectivity index (χ4n) is 1.37. The number of terminal acetylenes is 1. The molecule has 0 saturated carbocycles. The van der Waals surface area contributed by atoms with E-state index in [1.165, 1.54) is 6.26 Å². The van der Waals surface area contributed by atoms with Crippen molar-refractivity contribution in [1.82, 2.24) is 10.6 Å². The number of guanidine groups is 1. The van der Waals surface area contributed by atoms with Crippen molar-refractivity contribution in [2.24, 2.45) is 4.99 Å². The summed E-state index contributed by atoms with van der Waals surface area (Å²) >= 11 is 0. The highest BCUT2D eigenvalue weighted by atomic mass is 16.4. The van der Waals surface area contributed by atoms with E-state index in [1.54, 1.807) is 19.1 Å². The average Bonchev–Trinajstić information content (AvgIpc) is 2.87. The number of aliphatic imine (C=N–C) groups is 1. The second-order valence-electron chi connectivity index (χ2n) is 4.00. The Morgan fingerprint density at radius 1 is 1.61 bits per heavy atom. The molecule has 3 N–H and O–H groups in total. The molecule has 0 spiro atoms. The zero-order valence-corrected chi connectivity index (χ0v) is 10.7. The Bertz CT molecular complexity index is 416. The molecule has 1 atom stereocenters. The second-order valence-corrected chi connectivity index (χ2v) is 4.00.